The second kappa shape index (κ2) is 6.38. The Morgan fingerprint density at radius 1 is 1.53 bits per heavy atom. The van der Waals surface area contributed by atoms with Gasteiger partial charge in [0.1, 0.15) is 0 Å². The molecule has 0 aromatic heterocycles. The maximum Gasteiger partial charge on any atom is 0.252 e. The normalized spacial score (nSPS) is 12.6. The van der Waals surface area contributed by atoms with E-state index in [0.29, 0.717) is 15.1 Å². The number of aliphatic hydroxyl groups is 1. The van der Waals surface area contributed by atoms with Crippen LogP contribution in [-0.2, 0) is 0 Å². The second-order valence-corrected chi connectivity index (χ2v) is 5.42. The van der Waals surface area contributed by atoms with E-state index in [4.69, 9.17) is 16.7 Å². The van der Waals surface area contributed by atoms with Crippen molar-refractivity contribution in [1.29, 1.82) is 0 Å². The summed E-state index contributed by atoms with van der Waals surface area (Å²) in [4.78, 5) is 12.0. The molecule has 2 N–H and O–H groups in total. The lowest BCUT2D eigenvalue weighted by molar-refractivity contribution is 0.0896. The third kappa shape index (κ3) is 3.98. The number of aliphatic hydroxyl groups excluding tert-OH is 1. The van der Waals surface area contributed by atoms with E-state index in [1.807, 2.05) is 13.8 Å². The van der Waals surface area contributed by atoms with Crippen LogP contribution in [0.15, 0.2) is 22.7 Å². The van der Waals surface area contributed by atoms with Crippen molar-refractivity contribution in [2.75, 3.05) is 6.61 Å². The van der Waals surface area contributed by atoms with Gasteiger partial charge in [-0.1, -0.05) is 25.4 Å². The van der Waals surface area contributed by atoms with E-state index in [1.165, 1.54) is 0 Å². The summed E-state index contributed by atoms with van der Waals surface area (Å²) in [5.41, 5.74) is 0.508. The van der Waals surface area contributed by atoms with Crippen LogP contribution in [-0.4, -0.2) is 23.7 Å². The van der Waals surface area contributed by atoms with Crippen molar-refractivity contribution >= 4 is 33.4 Å². The maximum absolute atomic E-state index is 12.0. The summed E-state index contributed by atoms with van der Waals surface area (Å²) in [5.74, 6) is -0.0451. The molecule has 0 saturated heterocycles. The molecular formula is C12H15BrClNO2. The third-order valence-electron chi connectivity index (χ3n) is 2.49. The van der Waals surface area contributed by atoms with E-state index >= 15 is 0 Å². The van der Waals surface area contributed by atoms with E-state index in [-0.39, 0.29) is 24.5 Å². The van der Waals surface area contributed by atoms with Crippen LogP contribution in [0.3, 0.4) is 0 Å². The first-order valence-corrected chi connectivity index (χ1v) is 6.49. The van der Waals surface area contributed by atoms with Crippen molar-refractivity contribution in [2.45, 2.75) is 19.9 Å². The van der Waals surface area contributed by atoms with Gasteiger partial charge in [-0.05, 0) is 40.0 Å². The summed E-state index contributed by atoms with van der Waals surface area (Å²) in [6.45, 7) is 3.81. The number of hydrogen-bond acceptors (Lipinski definition) is 2. The van der Waals surface area contributed by atoms with Crippen LogP contribution in [0.5, 0.6) is 0 Å². The smallest absolute Gasteiger partial charge is 0.252 e. The summed E-state index contributed by atoms with van der Waals surface area (Å²) < 4.78 is 0.642. The molecule has 0 aliphatic rings. The summed E-state index contributed by atoms with van der Waals surface area (Å²) in [6, 6.07) is 4.73. The summed E-state index contributed by atoms with van der Waals surface area (Å²) in [6.07, 6.45) is 0. The molecule has 0 unspecified atom stereocenters. The van der Waals surface area contributed by atoms with Crippen molar-refractivity contribution in [2.24, 2.45) is 5.92 Å². The molecular weight excluding hydrogens is 305 g/mol. The van der Waals surface area contributed by atoms with Gasteiger partial charge < -0.3 is 10.4 Å². The van der Waals surface area contributed by atoms with Crippen LogP contribution >= 0.6 is 27.5 Å². The highest BCUT2D eigenvalue weighted by Crippen LogP contribution is 2.21. The van der Waals surface area contributed by atoms with Gasteiger partial charge in [0.05, 0.1) is 18.2 Å². The topological polar surface area (TPSA) is 49.3 Å². The van der Waals surface area contributed by atoms with Crippen LogP contribution in [0.25, 0.3) is 0 Å². The Hall–Kier alpha value is -0.580. The standard InChI is InChI=1S/C12H15BrClNO2/c1-7(2)11(6-16)15-12(17)9-4-3-8(14)5-10(9)13/h3-5,7,11,16H,6H2,1-2H3,(H,15,17)/t11-/m1/s1. The molecule has 0 heterocycles. The van der Waals surface area contributed by atoms with Crippen molar-refractivity contribution in [1.82, 2.24) is 5.32 Å². The van der Waals surface area contributed by atoms with Gasteiger partial charge in [0.25, 0.3) is 5.91 Å². The van der Waals surface area contributed by atoms with Gasteiger partial charge in [0.2, 0.25) is 0 Å². The summed E-state index contributed by atoms with van der Waals surface area (Å²) >= 11 is 9.09. The van der Waals surface area contributed by atoms with Gasteiger partial charge in [0.15, 0.2) is 0 Å². The Morgan fingerprint density at radius 3 is 2.65 bits per heavy atom. The lowest BCUT2D eigenvalue weighted by Gasteiger charge is -2.20. The molecule has 0 spiro atoms. The van der Waals surface area contributed by atoms with E-state index in [0.717, 1.165) is 0 Å². The largest absolute Gasteiger partial charge is 0.394 e. The number of carbonyl (C=O) groups is 1. The number of nitrogens with one attached hydrogen (secondary N) is 1. The molecule has 1 aromatic carbocycles. The molecule has 0 saturated carbocycles. The average molecular weight is 321 g/mol. The minimum Gasteiger partial charge on any atom is -0.394 e. The molecule has 1 rings (SSSR count). The number of rotatable bonds is 4. The fraction of sp³-hybridized carbons (Fsp3) is 0.417. The molecule has 0 fully saturated rings. The number of benzene rings is 1. The lowest BCUT2D eigenvalue weighted by Crippen LogP contribution is -2.41. The summed E-state index contributed by atoms with van der Waals surface area (Å²) in [7, 11) is 0. The van der Waals surface area contributed by atoms with Gasteiger partial charge in [-0.15, -0.1) is 0 Å². The first kappa shape index (κ1) is 14.5. The van der Waals surface area contributed by atoms with Gasteiger partial charge in [-0.25, -0.2) is 0 Å². The maximum atomic E-state index is 12.0. The van der Waals surface area contributed by atoms with Gasteiger partial charge >= 0.3 is 0 Å². The average Bonchev–Trinajstić information content (AvgIpc) is 2.24. The molecule has 0 bridgehead atoms. The Kier molecular flexibility index (Phi) is 5.43. The Morgan fingerprint density at radius 2 is 2.18 bits per heavy atom. The number of carbonyl (C=O) groups excluding carboxylic acids is 1. The van der Waals surface area contributed by atoms with Crippen LogP contribution in [0.4, 0.5) is 0 Å². The lowest BCUT2D eigenvalue weighted by atomic mass is 10.0. The third-order valence-corrected chi connectivity index (χ3v) is 3.38. The van der Waals surface area contributed by atoms with Crippen molar-refractivity contribution in [3.8, 4) is 0 Å². The predicted molar refractivity (Wildman–Crippen MR) is 72.3 cm³/mol. The number of hydrogen-bond donors (Lipinski definition) is 2. The van der Waals surface area contributed by atoms with Crippen molar-refractivity contribution in [3.63, 3.8) is 0 Å². The summed E-state index contributed by atoms with van der Waals surface area (Å²) in [5, 5.41) is 12.5. The Balaban J connectivity index is 2.82. The highest BCUT2D eigenvalue weighted by molar-refractivity contribution is 9.10. The van der Waals surface area contributed by atoms with E-state index in [1.54, 1.807) is 18.2 Å². The molecule has 1 amide bonds. The molecule has 0 aliphatic heterocycles. The Bertz CT molecular complexity index is 409. The molecule has 1 aromatic rings. The molecule has 1 atom stereocenters. The van der Waals surface area contributed by atoms with Gasteiger partial charge in [-0.2, -0.15) is 0 Å². The van der Waals surface area contributed by atoms with Crippen molar-refractivity contribution in [3.05, 3.63) is 33.3 Å². The highest BCUT2D eigenvalue weighted by Gasteiger charge is 2.17. The fourth-order valence-electron chi connectivity index (χ4n) is 1.34. The zero-order chi connectivity index (χ0) is 13.0. The zero-order valence-electron chi connectivity index (χ0n) is 9.71. The minimum atomic E-state index is -0.245. The van der Waals surface area contributed by atoms with Gasteiger partial charge in [0, 0.05) is 9.50 Å². The fourth-order valence-corrected chi connectivity index (χ4v) is 2.21. The van der Waals surface area contributed by atoms with Crippen LogP contribution in [0.1, 0.15) is 24.2 Å². The first-order valence-electron chi connectivity index (χ1n) is 5.32. The quantitative estimate of drug-likeness (QED) is 0.896. The molecule has 0 aliphatic carbocycles. The molecule has 94 valence electrons. The second-order valence-electron chi connectivity index (χ2n) is 4.13. The van der Waals surface area contributed by atoms with E-state index in [9.17, 15) is 4.79 Å². The van der Waals surface area contributed by atoms with Crippen LogP contribution < -0.4 is 5.32 Å². The molecule has 3 nitrogen and oxygen atoms in total. The zero-order valence-corrected chi connectivity index (χ0v) is 12.0. The number of amides is 1. The monoisotopic (exact) mass is 319 g/mol. The van der Waals surface area contributed by atoms with Crippen LogP contribution in [0.2, 0.25) is 5.02 Å². The molecule has 17 heavy (non-hydrogen) atoms. The van der Waals surface area contributed by atoms with Crippen molar-refractivity contribution < 1.29 is 9.90 Å². The molecule has 0 radical (unpaired) electrons. The van der Waals surface area contributed by atoms with E-state index < -0.39 is 0 Å². The van der Waals surface area contributed by atoms with Gasteiger partial charge in [-0.3, -0.25) is 4.79 Å². The predicted octanol–water partition coefficient (Wildman–Crippen LogP) is 2.85. The molecule has 5 heteroatoms. The van der Waals surface area contributed by atoms with E-state index in [2.05, 4.69) is 21.2 Å². The SMILES string of the molecule is CC(C)[C@@H](CO)NC(=O)c1ccc(Cl)cc1Br. The number of halogens is 2. The minimum absolute atomic E-state index is 0.0748. The Labute approximate surface area is 114 Å². The van der Waals surface area contributed by atoms with Crippen LogP contribution in [0, 0.1) is 5.92 Å². The first-order chi connectivity index (χ1) is 7.95. The highest BCUT2D eigenvalue weighted by atomic mass is 79.9.